The summed E-state index contributed by atoms with van der Waals surface area (Å²) in [4.78, 5) is 43.5. The van der Waals surface area contributed by atoms with Crippen LogP contribution in [0.5, 0.6) is 0 Å². The summed E-state index contributed by atoms with van der Waals surface area (Å²) in [7, 11) is 0. The van der Waals surface area contributed by atoms with E-state index < -0.39 is 0 Å². The van der Waals surface area contributed by atoms with Crippen LogP contribution in [0.25, 0.3) is 120 Å². The minimum atomic E-state index is -0.0488. The van der Waals surface area contributed by atoms with Crippen molar-refractivity contribution in [1.82, 2.24) is 9.38 Å². The van der Waals surface area contributed by atoms with E-state index in [0.717, 1.165) is 99.4 Å². The number of nitrogens with zero attached hydrogens (tertiary/aromatic N) is 2. The van der Waals surface area contributed by atoms with E-state index in [2.05, 4.69) is 67.3 Å². The number of aromatic nitrogens is 2. The molecule has 1 aliphatic rings. The molecule has 258 valence electrons. The topological polar surface area (TPSA) is 68.5 Å². The van der Waals surface area contributed by atoms with Gasteiger partial charge in [0, 0.05) is 32.7 Å². The largest absolute Gasteiger partial charge is 0.298 e. The predicted molar refractivity (Wildman–Crippen MR) is 230 cm³/mol. The number of hydrogen-bond donors (Lipinski definition) is 0. The number of pyridine rings is 1. The lowest BCUT2D eigenvalue weighted by Gasteiger charge is -2.25. The summed E-state index contributed by atoms with van der Waals surface area (Å²) in [5.74, 6) is 0. The fourth-order valence-corrected chi connectivity index (χ4v) is 10.7. The summed E-state index contributed by atoms with van der Waals surface area (Å²) in [6.45, 7) is 4.17. The van der Waals surface area contributed by atoms with Crippen LogP contribution < -0.4 is 10.8 Å². The Kier molecular flexibility index (Phi) is 5.43. The number of allylic oxidation sites excluding steroid dienone is 1. The van der Waals surface area contributed by atoms with E-state index >= 15 is 0 Å². The van der Waals surface area contributed by atoms with Crippen LogP contribution in [-0.4, -0.2) is 22.0 Å². The molecule has 0 aliphatic heterocycles. The summed E-state index contributed by atoms with van der Waals surface area (Å²) in [5.41, 5.74) is 7.81. The molecule has 0 spiro atoms. The van der Waals surface area contributed by atoms with Gasteiger partial charge in [0.2, 0.25) is 0 Å². The Morgan fingerprint density at radius 3 is 1.79 bits per heavy atom. The first-order valence-corrected chi connectivity index (χ1v) is 18.8. The minimum Gasteiger partial charge on any atom is -0.298 e. The maximum Gasteiger partial charge on any atom is 0.264 e. The van der Waals surface area contributed by atoms with Crippen molar-refractivity contribution < 1.29 is 9.59 Å². The van der Waals surface area contributed by atoms with Crippen molar-refractivity contribution in [2.75, 3.05) is 0 Å². The van der Waals surface area contributed by atoms with Crippen LogP contribution in [0.3, 0.4) is 0 Å². The van der Waals surface area contributed by atoms with Crippen LogP contribution in [0.2, 0.25) is 0 Å². The standard InChI is InChI=1S/C51H26N2O3/c1-2-5-29-32-14-16-34-36-18-20-38-49-39(51(56)53-42-7-4-3-6-41(42)52-50(38)53)21-19-37(48(36)49)35-17-15-33(46(32)47(34)35)31-13-12-28-30-11-10-27(24-55)43-26(23-54)9-8-25(44(30)43)22-40(28)45(29)31/h2-21,23-24H,1,22H2/b29-5-. The van der Waals surface area contributed by atoms with E-state index in [1.54, 1.807) is 4.40 Å². The second-order valence-corrected chi connectivity index (χ2v) is 15.2. The van der Waals surface area contributed by atoms with Gasteiger partial charge in [-0.05, 0) is 123 Å². The zero-order valence-corrected chi connectivity index (χ0v) is 29.7. The third-order valence-electron chi connectivity index (χ3n) is 12.8. The van der Waals surface area contributed by atoms with Crippen LogP contribution in [-0.2, 0) is 6.42 Å². The summed E-state index contributed by atoms with van der Waals surface area (Å²) in [5, 5.41) is 18.2. The molecule has 0 N–H and O–H groups in total. The van der Waals surface area contributed by atoms with Gasteiger partial charge in [0.1, 0.15) is 5.65 Å². The predicted octanol–water partition coefficient (Wildman–Crippen LogP) is 10.8. The van der Waals surface area contributed by atoms with Crippen molar-refractivity contribution >= 4 is 122 Å². The lowest BCUT2D eigenvalue weighted by atomic mass is 9.78. The molecule has 12 aromatic rings. The molecular formula is C51H26N2O3. The number of rotatable bonds is 3. The number of hydrogen-bond acceptors (Lipinski definition) is 4. The molecule has 5 nitrogen and oxygen atoms in total. The van der Waals surface area contributed by atoms with Gasteiger partial charge in [-0.2, -0.15) is 0 Å². The van der Waals surface area contributed by atoms with Gasteiger partial charge in [-0.15, -0.1) is 0 Å². The Bertz CT molecular complexity index is 3950. The molecule has 0 atom stereocenters. The number of benzene rings is 10. The highest BCUT2D eigenvalue weighted by atomic mass is 16.1. The summed E-state index contributed by atoms with van der Waals surface area (Å²) >= 11 is 0. The van der Waals surface area contributed by atoms with Crippen molar-refractivity contribution in [2.45, 2.75) is 6.42 Å². The first kappa shape index (κ1) is 29.9. The molecule has 1 aliphatic carbocycles. The fraction of sp³-hybridized carbons (Fsp3) is 0.0196. The number of aldehydes is 2. The third-order valence-corrected chi connectivity index (χ3v) is 12.8. The van der Waals surface area contributed by atoms with Crippen molar-refractivity contribution in [3.05, 3.63) is 160 Å². The van der Waals surface area contributed by atoms with Crippen LogP contribution in [0.1, 0.15) is 31.8 Å². The average Bonchev–Trinajstić information content (AvgIpc) is 3.64. The van der Waals surface area contributed by atoms with Crippen molar-refractivity contribution in [1.29, 1.82) is 0 Å². The zero-order valence-electron chi connectivity index (χ0n) is 29.7. The fourth-order valence-electron chi connectivity index (χ4n) is 10.7. The van der Waals surface area contributed by atoms with E-state index in [1.807, 2.05) is 60.7 Å². The van der Waals surface area contributed by atoms with Crippen LogP contribution in [0.15, 0.2) is 127 Å². The Morgan fingerprint density at radius 1 is 0.536 bits per heavy atom. The van der Waals surface area contributed by atoms with Gasteiger partial charge >= 0.3 is 0 Å². The normalized spacial score (nSPS) is 13.3. The number of carbonyl (C=O) groups excluding carboxylic acids is 2. The number of carbonyl (C=O) groups is 2. The zero-order chi connectivity index (χ0) is 37.1. The highest BCUT2D eigenvalue weighted by Crippen LogP contribution is 2.48. The molecular weight excluding hydrogens is 689 g/mol. The first-order chi connectivity index (χ1) is 27.6. The van der Waals surface area contributed by atoms with Gasteiger partial charge < -0.3 is 0 Å². The third kappa shape index (κ3) is 3.35. The second-order valence-electron chi connectivity index (χ2n) is 15.2. The molecule has 2 aromatic heterocycles. The molecule has 0 unspecified atom stereocenters. The highest BCUT2D eigenvalue weighted by molar-refractivity contribution is 6.41. The number of fused-ring (bicyclic) bond motifs is 11. The molecule has 13 rings (SSSR count). The van der Waals surface area contributed by atoms with Gasteiger partial charge in [0.05, 0.1) is 11.0 Å². The average molecular weight is 715 g/mol. The van der Waals surface area contributed by atoms with E-state index in [4.69, 9.17) is 4.98 Å². The van der Waals surface area contributed by atoms with E-state index in [9.17, 15) is 14.4 Å². The molecule has 0 fully saturated rings. The lowest BCUT2D eigenvalue weighted by molar-refractivity contribution is 0.112. The maximum absolute atomic E-state index is 14.2. The van der Waals surface area contributed by atoms with E-state index in [-0.39, 0.29) is 5.56 Å². The Hall–Kier alpha value is -7.50. The molecule has 56 heavy (non-hydrogen) atoms. The molecule has 2 heterocycles. The summed E-state index contributed by atoms with van der Waals surface area (Å²) in [6.07, 6.45) is 6.38. The number of imidazole rings is 1. The molecule has 0 saturated heterocycles. The van der Waals surface area contributed by atoms with Crippen LogP contribution in [0, 0.1) is 0 Å². The molecule has 0 radical (unpaired) electrons. The lowest BCUT2D eigenvalue weighted by Crippen LogP contribution is -2.13. The summed E-state index contributed by atoms with van der Waals surface area (Å²) in [6, 6.07) is 37.6. The minimum absolute atomic E-state index is 0.0488. The molecule has 0 amide bonds. The van der Waals surface area contributed by atoms with Crippen LogP contribution >= 0.6 is 0 Å². The Labute approximate surface area is 316 Å². The number of para-hydroxylation sites is 2. The summed E-state index contributed by atoms with van der Waals surface area (Å²) < 4.78 is 1.77. The van der Waals surface area contributed by atoms with Gasteiger partial charge in [-0.25, -0.2) is 4.98 Å². The van der Waals surface area contributed by atoms with Gasteiger partial charge in [0.25, 0.3) is 5.56 Å². The smallest absolute Gasteiger partial charge is 0.264 e. The Morgan fingerprint density at radius 2 is 1.09 bits per heavy atom. The highest BCUT2D eigenvalue weighted by Gasteiger charge is 2.26. The molecule has 0 bridgehead atoms. The quantitative estimate of drug-likeness (QED) is 0.104. The van der Waals surface area contributed by atoms with Gasteiger partial charge in [0.15, 0.2) is 12.6 Å². The monoisotopic (exact) mass is 714 g/mol. The molecule has 10 aromatic carbocycles. The van der Waals surface area contributed by atoms with E-state index in [0.29, 0.717) is 28.6 Å². The Balaban J connectivity index is 1.17. The SMILES string of the molecule is C=C/C=c1/c2ccc3c4ccc5c6c(ccc(c7ccc(c8ccc9c(c18)Cc1ccc(C=O)c8c(C=O)ccc-9c18)c2c37)c46)c(=O)n1c2ccccc2nc51. The van der Waals surface area contributed by atoms with E-state index in [1.165, 1.54) is 32.5 Å². The maximum atomic E-state index is 14.2. The van der Waals surface area contributed by atoms with Crippen molar-refractivity contribution in [3.63, 3.8) is 0 Å². The van der Waals surface area contributed by atoms with Crippen molar-refractivity contribution in [3.8, 4) is 11.1 Å². The van der Waals surface area contributed by atoms with Gasteiger partial charge in [-0.3, -0.25) is 18.8 Å². The first-order valence-electron chi connectivity index (χ1n) is 18.8. The van der Waals surface area contributed by atoms with Gasteiger partial charge in [-0.1, -0.05) is 104 Å². The molecule has 5 heteroatoms. The van der Waals surface area contributed by atoms with Crippen molar-refractivity contribution in [2.24, 2.45) is 0 Å². The molecule has 0 saturated carbocycles. The second kappa shape index (κ2) is 10.2. The van der Waals surface area contributed by atoms with Crippen LogP contribution in [0.4, 0.5) is 0 Å².